The topological polar surface area (TPSA) is 113 Å². The van der Waals surface area contributed by atoms with Crippen LogP contribution in [0, 0.1) is 6.42 Å². The molecular formula is C12H22N3O4S. The number of fused-ring (bicyclic) bond motifs is 2. The smallest absolute Gasteiger partial charge is 0.237 e. The van der Waals surface area contributed by atoms with Crippen LogP contribution in [0.3, 0.4) is 0 Å². The van der Waals surface area contributed by atoms with Crippen LogP contribution in [0.2, 0.25) is 0 Å². The molecule has 0 aliphatic carbocycles. The Kier molecular flexibility index (Phi) is 4.38. The number of hydrogen-bond acceptors (Lipinski definition) is 5. The predicted molar refractivity (Wildman–Crippen MR) is 74.0 cm³/mol. The number of rotatable bonds is 6. The van der Waals surface area contributed by atoms with E-state index in [9.17, 15) is 18.3 Å². The number of hydrogen-bond donors (Lipinski definition) is 3. The summed E-state index contributed by atoms with van der Waals surface area (Å²) in [7, 11) is -3.33. The largest absolute Gasteiger partial charge is 0.390 e. The lowest BCUT2D eigenvalue weighted by atomic mass is 9.87. The molecule has 0 saturated carbocycles. The number of carbonyl (C=O) groups excluding carboxylic acids is 1. The average molecular weight is 304 g/mol. The number of carbonyl (C=O) groups is 1. The molecule has 2 aliphatic rings. The number of aliphatic hydroxyl groups is 1. The molecule has 0 aromatic heterocycles. The van der Waals surface area contributed by atoms with Gasteiger partial charge in [-0.25, -0.2) is 13.1 Å². The highest BCUT2D eigenvalue weighted by atomic mass is 32.2. The summed E-state index contributed by atoms with van der Waals surface area (Å²) in [4.78, 5) is 13.8. The highest BCUT2D eigenvalue weighted by molar-refractivity contribution is 7.88. The van der Waals surface area contributed by atoms with Crippen LogP contribution in [0.4, 0.5) is 0 Å². The number of piperidine rings is 1. The van der Waals surface area contributed by atoms with Crippen molar-refractivity contribution in [2.24, 2.45) is 5.73 Å². The highest BCUT2D eigenvalue weighted by Crippen LogP contribution is 2.43. The van der Waals surface area contributed by atoms with E-state index in [0.29, 0.717) is 12.8 Å². The van der Waals surface area contributed by atoms with Crippen molar-refractivity contribution in [3.63, 3.8) is 0 Å². The molecule has 2 rings (SSSR count). The van der Waals surface area contributed by atoms with Gasteiger partial charge in [0.1, 0.15) is 5.54 Å². The Morgan fingerprint density at radius 3 is 2.95 bits per heavy atom. The van der Waals surface area contributed by atoms with E-state index < -0.39 is 21.7 Å². The number of nitrogens with zero attached hydrogens (tertiary/aromatic N) is 1. The highest BCUT2D eigenvalue weighted by Gasteiger charge is 2.52. The fraction of sp³-hybridized carbons (Fsp3) is 0.833. The van der Waals surface area contributed by atoms with E-state index in [4.69, 9.17) is 5.73 Å². The van der Waals surface area contributed by atoms with Crippen LogP contribution in [0.1, 0.15) is 25.7 Å². The summed E-state index contributed by atoms with van der Waals surface area (Å²) < 4.78 is 24.3. The molecule has 2 bridgehead atoms. The Bertz CT molecular complexity index is 477. The lowest BCUT2D eigenvalue weighted by molar-refractivity contribution is -0.131. The van der Waals surface area contributed by atoms with Crippen LogP contribution in [-0.4, -0.2) is 61.4 Å². The molecular weight excluding hydrogens is 282 g/mol. The minimum Gasteiger partial charge on any atom is -0.390 e. The summed E-state index contributed by atoms with van der Waals surface area (Å²) in [5.41, 5.74) is 4.86. The molecule has 4 N–H and O–H groups in total. The fourth-order valence-corrected chi connectivity index (χ4v) is 3.76. The Balaban J connectivity index is 2.02. The Labute approximate surface area is 119 Å². The van der Waals surface area contributed by atoms with Crippen molar-refractivity contribution < 1.29 is 18.3 Å². The zero-order valence-electron chi connectivity index (χ0n) is 11.6. The van der Waals surface area contributed by atoms with E-state index in [2.05, 4.69) is 11.1 Å². The van der Waals surface area contributed by atoms with Gasteiger partial charge < -0.3 is 10.8 Å². The first-order valence-corrected chi connectivity index (χ1v) is 8.65. The maximum atomic E-state index is 11.8. The van der Waals surface area contributed by atoms with Crippen molar-refractivity contribution in [1.29, 1.82) is 0 Å². The van der Waals surface area contributed by atoms with Gasteiger partial charge in [-0.1, -0.05) is 0 Å². The molecule has 0 aromatic carbocycles. The fourth-order valence-electron chi connectivity index (χ4n) is 3.26. The van der Waals surface area contributed by atoms with E-state index in [1.165, 1.54) is 0 Å². The minimum absolute atomic E-state index is 0.0550. The van der Waals surface area contributed by atoms with Gasteiger partial charge >= 0.3 is 0 Å². The van der Waals surface area contributed by atoms with Gasteiger partial charge in [-0.05, 0) is 32.1 Å². The van der Waals surface area contributed by atoms with Gasteiger partial charge in [0, 0.05) is 19.1 Å². The first kappa shape index (κ1) is 15.7. The lowest BCUT2D eigenvalue weighted by Gasteiger charge is -2.43. The molecule has 2 heterocycles. The summed E-state index contributed by atoms with van der Waals surface area (Å²) in [5.74, 6) is -0.362. The SMILES string of the molecule is CS(=O)(=O)NCC(O)CN1[C@@H]2C[CH]C[C@@]1(C(N)=O)CC2. The summed E-state index contributed by atoms with van der Waals surface area (Å²) >= 11 is 0. The second-order valence-corrected chi connectivity index (χ2v) is 7.58. The predicted octanol–water partition coefficient (Wildman–Crippen LogP) is -1.42. The third-order valence-corrected chi connectivity index (χ3v) is 4.94. The van der Waals surface area contributed by atoms with E-state index in [1.54, 1.807) is 0 Å². The quantitative estimate of drug-likeness (QED) is 0.557. The van der Waals surface area contributed by atoms with Crippen molar-refractivity contribution in [2.75, 3.05) is 19.3 Å². The molecule has 8 heteroatoms. The van der Waals surface area contributed by atoms with Crippen LogP contribution in [-0.2, 0) is 14.8 Å². The number of nitrogens with one attached hydrogen (secondary N) is 1. The lowest BCUT2D eigenvalue weighted by Crippen LogP contribution is -2.60. The van der Waals surface area contributed by atoms with E-state index in [0.717, 1.165) is 19.1 Å². The Hall–Kier alpha value is -0.700. The first-order valence-electron chi connectivity index (χ1n) is 6.75. The number of primary amides is 1. The van der Waals surface area contributed by atoms with E-state index in [-0.39, 0.29) is 25.0 Å². The second kappa shape index (κ2) is 5.59. The zero-order chi connectivity index (χ0) is 15.0. The van der Waals surface area contributed by atoms with Gasteiger partial charge in [-0.2, -0.15) is 0 Å². The summed E-state index contributed by atoms with van der Waals surface area (Å²) in [6.45, 7) is 0.199. The molecule has 1 amide bonds. The van der Waals surface area contributed by atoms with Crippen molar-refractivity contribution >= 4 is 15.9 Å². The van der Waals surface area contributed by atoms with Gasteiger partial charge in [-0.15, -0.1) is 0 Å². The Morgan fingerprint density at radius 2 is 2.35 bits per heavy atom. The Morgan fingerprint density at radius 1 is 1.65 bits per heavy atom. The number of amides is 1. The third kappa shape index (κ3) is 3.13. The van der Waals surface area contributed by atoms with Crippen LogP contribution in [0.25, 0.3) is 0 Å². The van der Waals surface area contributed by atoms with Crippen LogP contribution < -0.4 is 10.5 Å². The van der Waals surface area contributed by atoms with E-state index in [1.807, 2.05) is 4.90 Å². The van der Waals surface area contributed by atoms with Crippen LogP contribution in [0.5, 0.6) is 0 Å². The second-order valence-electron chi connectivity index (χ2n) is 5.74. The molecule has 115 valence electrons. The summed E-state index contributed by atoms with van der Waals surface area (Å²) in [5, 5.41) is 9.99. The number of nitrogens with two attached hydrogens (primary N) is 1. The molecule has 1 radical (unpaired) electrons. The molecule has 0 aromatic rings. The van der Waals surface area contributed by atoms with Gasteiger partial charge in [0.05, 0.1) is 12.4 Å². The normalized spacial score (nSPS) is 32.2. The number of β-amino-alcohol motifs (C(OH)–C–C–N with tert-alkyl or cyclic N) is 1. The third-order valence-electron chi connectivity index (χ3n) is 4.25. The molecule has 2 saturated heterocycles. The minimum atomic E-state index is -3.33. The monoisotopic (exact) mass is 304 g/mol. The van der Waals surface area contributed by atoms with Crippen LogP contribution in [0.15, 0.2) is 0 Å². The molecule has 0 spiro atoms. The molecule has 3 atom stereocenters. The summed E-state index contributed by atoms with van der Waals surface area (Å²) in [6, 6.07) is 0.212. The molecule has 1 unspecified atom stereocenters. The number of sulfonamides is 1. The van der Waals surface area contributed by atoms with Crippen molar-refractivity contribution in [1.82, 2.24) is 9.62 Å². The zero-order valence-corrected chi connectivity index (χ0v) is 12.4. The van der Waals surface area contributed by atoms with Gasteiger partial charge in [0.25, 0.3) is 0 Å². The van der Waals surface area contributed by atoms with Crippen molar-refractivity contribution in [3.8, 4) is 0 Å². The van der Waals surface area contributed by atoms with Crippen LogP contribution >= 0.6 is 0 Å². The standard InChI is InChI=1S/C12H22N3O4S/c1-20(18,19)14-7-10(16)8-15-9-3-2-5-12(15,6-4-9)11(13)17/h2,9-10,14,16H,3-8H2,1H3,(H2,13,17)/t9-,10?,12+/m1/s1. The average Bonchev–Trinajstić information content (AvgIpc) is 2.56. The maximum absolute atomic E-state index is 11.8. The molecule has 2 fully saturated rings. The van der Waals surface area contributed by atoms with Gasteiger partial charge in [-0.3, -0.25) is 9.69 Å². The molecule has 7 nitrogen and oxygen atoms in total. The molecule has 2 aliphatic heterocycles. The van der Waals surface area contributed by atoms with Crippen molar-refractivity contribution in [3.05, 3.63) is 6.42 Å². The summed E-state index contributed by atoms with van der Waals surface area (Å²) in [6.07, 6.45) is 5.33. The van der Waals surface area contributed by atoms with Gasteiger partial charge in [0.15, 0.2) is 0 Å². The molecule has 20 heavy (non-hydrogen) atoms. The maximum Gasteiger partial charge on any atom is 0.237 e. The first-order chi connectivity index (χ1) is 9.24. The number of aliphatic hydroxyl groups excluding tert-OH is 1. The van der Waals surface area contributed by atoms with E-state index >= 15 is 0 Å². The van der Waals surface area contributed by atoms with Gasteiger partial charge in [0.2, 0.25) is 15.9 Å². The van der Waals surface area contributed by atoms with Crippen molar-refractivity contribution in [2.45, 2.75) is 43.4 Å².